The second-order valence-corrected chi connectivity index (χ2v) is 6.29. The van der Waals surface area contributed by atoms with Crippen LogP contribution in [0.5, 0.6) is 0 Å². The molecule has 1 amide bonds. The van der Waals surface area contributed by atoms with E-state index >= 15 is 0 Å². The minimum Gasteiger partial charge on any atom is -0.458 e. The Labute approximate surface area is 123 Å². The van der Waals surface area contributed by atoms with Crippen molar-refractivity contribution >= 4 is 23.6 Å². The van der Waals surface area contributed by atoms with Crippen molar-refractivity contribution in [2.75, 3.05) is 6.26 Å². The first-order chi connectivity index (χ1) is 9.23. The van der Waals surface area contributed by atoms with Gasteiger partial charge in [-0.25, -0.2) is 4.79 Å². The average Bonchev–Trinajstić information content (AvgIpc) is 2.75. The molecule has 1 rings (SSSR count). The standard InChI is InChI=1S/C14H21NO4S/c1-9(13(17)19-14(2,3)4)15-12(16)11-7-6-10(18-11)8-20-5/h6-7,9H,8H2,1-5H3,(H,15,16)/t9-/m0/s1. The lowest BCUT2D eigenvalue weighted by Gasteiger charge is -2.22. The van der Waals surface area contributed by atoms with Gasteiger partial charge in [-0.1, -0.05) is 0 Å². The Morgan fingerprint density at radius 2 is 2.05 bits per heavy atom. The molecule has 1 heterocycles. The molecular weight excluding hydrogens is 278 g/mol. The second kappa shape index (κ2) is 6.83. The zero-order chi connectivity index (χ0) is 15.3. The Morgan fingerprint density at radius 1 is 1.40 bits per heavy atom. The van der Waals surface area contributed by atoms with Gasteiger partial charge in [-0.15, -0.1) is 0 Å². The van der Waals surface area contributed by atoms with Crippen LogP contribution in [0.4, 0.5) is 0 Å². The quantitative estimate of drug-likeness (QED) is 0.846. The summed E-state index contributed by atoms with van der Waals surface area (Å²) < 4.78 is 10.6. The molecule has 0 saturated heterocycles. The Balaban J connectivity index is 2.58. The molecule has 112 valence electrons. The highest BCUT2D eigenvalue weighted by molar-refractivity contribution is 7.97. The summed E-state index contributed by atoms with van der Waals surface area (Å²) in [5, 5.41) is 2.56. The van der Waals surface area contributed by atoms with Crippen LogP contribution in [-0.4, -0.2) is 29.8 Å². The second-order valence-electron chi connectivity index (χ2n) is 5.43. The Bertz CT molecular complexity index is 476. The normalized spacial score (nSPS) is 12.8. The maximum Gasteiger partial charge on any atom is 0.328 e. The van der Waals surface area contributed by atoms with Gasteiger partial charge in [-0.05, 0) is 46.1 Å². The molecule has 0 unspecified atom stereocenters. The number of carbonyl (C=O) groups excluding carboxylic acids is 2. The van der Waals surface area contributed by atoms with E-state index in [0.29, 0.717) is 5.75 Å². The summed E-state index contributed by atoms with van der Waals surface area (Å²) in [5.74, 6) is 0.740. The fraction of sp³-hybridized carbons (Fsp3) is 0.571. The fourth-order valence-corrected chi connectivity index (χ4v) is 1.88. The number of nitrogens with one attached hydrogen (secondary N) is 1. The van der Waals surface area contributed by atoms with Crippen molar-refractivity contribution in [3.8, 4) is 0 Å². The van der Waals surface area contributed by atoms with E-state index in [1.807, 2.05) is 6.26 Å². The summed E-state index contributed by atoms with van der Waals surface area (Å²) >= 11 is 1.61. The zero-order valence-corrected chi connectivity index (χ0v) is 13.3. The van der Waals surface area contributed by atoms with Gasteiger partial charge in [0, 0.05) is 0 Å². The largest absolute Gasteiger partial charge is 0.458 e. The van der Waals surface area contributed by atoms with Gasteiger partial charge >= 0.3 is 5.97 Å². The lowest BCUT2D eigenvalue weighted by molar-refractivity contribution is -0.156. The topological polar surface area (TPSA) is 68.5 Å². The molecule has 0 aliphatic heterocycles. The number of hydrogen-bond donors (Lipinski definition) is 1. The Morgan fingerprint density at radius 3 is 2.60 bits per heavy atom. The van der Waals surface area contributed by atoms with Crippen LogP contribution in [0, 0.1) is 0 Å². The summed E-state index contributed by atoms with van der Waals surface area (Å²) in [6.07, 6.45) is 1.95. The van der Waals surface area contributed by atoms with Crippen LogP contribution in [0.15, 0.2) is 16.5 Å². The number of amides is 1. The molecule has 0 aromatic carbocycles. The number of rotatable bonds is 5. The van der Waals surface area contributed by atoms with E-state index in [1.54, 1.807) is 51.6 Å². The van der Waals surface area contributed by atoms with E-state index in [2.05, 4.69) is 5.32 Å². The minimum absolute atomic E-state index is 0.199. The van der Waals surface area contributed by atoms with Crippen LogP contribution >= 0.6 is 11.8 Å². The Kier molecular flexibility index (Phi) is 5.68. The number of thioether (sulfide) groups is 1. The molecule has 1 aromatic heterocycles. The van der Waals surface area contributed by atoms with Crippen LogP contribution in [0.2, 0.25) is 0 Å². The van der Waals surface area contributed by atoms with Crippen molar-refractivity contribution in [3.05, 3.63) is 23.7 Å². The maximum absolute atomic E-state index is 11.9. The highest BCUT2D eigenvalue weighted by Crippen LogP contribution is 2.14. The molecule has 0 saturated carbocycles. The SMILES string of the molecule is CSCc1ccc(C(=O)N[C@@H](C)C(=O)OC(C)(C)C)o1. The van der Waals surface area contributed by atoms with Gasteiger partial charge in [0.15, 0.2) is 5.76 Å². The molecule has 0 aliphatic carbocycles. The predicted molar refractivity (Wildman–Crippen MR) is 78.7 cm³/mol. The summed E-state index contributed by atoms with van der Waals surface area (Å²) in [4.78, 5) is 23.7. The number of hydrogen-bond acceptors (Lipinski definition) is 5. The van der Waals surface area contributed by atoms with Crippen molar-refractivity contribution in [2.45, 2.75) is 45.1 Å². The zero-order valence-electron chi connectivity index (χ0n) is 12.5. The third-order valence-corrected chi connectivity index (χ3v) is 2.85. The van der Waals surface area contributed by atoms with E-state index in [-0.39, 0.29) is 5.76 Å². The van der Waals surface area contributed by atoms with Crippen LogP contribution < -0.4 is 5.32 Å². The summed E-state index contributed by atoms with van der Waals surface area (Å²) in [6.45, 7) is 6.92. The average molecular weight is 299 g/mol. The fourth-order valence-electron chi connectivity index (χ4n) is 1.44. The molecule has 1 aromatic rings. The van der Waals surface area contributed by atoms with Crippen molar-refractivity contribution in [3.63, 3.8) is 0 Å². The molecule has 0 spiro atoms. The van der Waals surface area contributed by atoms with Gasteiger partial charge in [0.05, 0.1) is 5.75 Å². The van der Waals surface area contributed by atoms with Gasteiger partial charge in [0.1, 0.15) is 17.4 Å². The van der Waals surface area contributed by atoms with E-state index in [0.717, 1.165) is 5.76 Å². The molecule has 0 fully saturated rings. The van der Waals surface area contributed by atoms with Crippen LogP contribution in [-0.2, 0) is 15.3 Å². The van der Waals surface area contributed by atoms with E-state index in [1.165, 1.54) is 0 Å². The molecule has 6 heteroatoms. The van der Waals surface area contributed by atoms with E-state index < -0.39 is 23.5 Å². The predicted octanol–water partition coefficient (Wildman–Crippen LogP) is 2.60. The number of furan rings is 1. The Hall–Kier alpha value is -1.43. The molecular formula is C14H21NO4S. The first-order valence-electron chi connectivity index (χ1n) is 6.34. The third kappa shape index (κ3) is 5.28. The molecule has 0 radical (unpaired) electrons. The first kappa shape index (κ1) is 16.6. The van der Waals surface area contributed by atoms with Crippen molar-refractivity contribution in [2.24, 2.45) is 0 Å². The lowest BCUT2D eigenvalue weighted by atomic mass is 10.2. The number of esters is 1. The number of carbonyl (C=O) groups is 2. The van der Waals surface area contributed by atoms with Crippen molar-refractivity contribution in [1.82, 2.24) is 5.32 Å². The molecule has 0 aliphatic rings. The maximum atomic E-state index is 11.9. The van der Waals surface area contributed by atoms with Gasteiger partial charge in [-0.3, -0.25) is 4.79 Å². The van der Waals surface area contributed by atoms with Crippen LogP contribution in [0.1, 0.15) is 44.0 Å². The molecule has 5 nitrogen and oxygen atoms in total. The number of ether oxygens (including phenoxy) is 1. The van der Waals surface area contributed by atoms with Crippen molar-refractivity contribution < 1.29 is 18.7 Å². The molecule has 20 heavy (non-hydrogen) atoms. The molecule has 1 N–H and O–H groups in total. The van der Waals surface area contributed by atoms with Gasteiger partial charge in [-0.2, -0.15) is 11.8 Å². The van der Waals surface area contributed by atoms with E-state index in [9.17, 15) is 9.59 Å². The van der Waals surface area contributed by atoms with Gasteiger partial charge in [0.25, 0.3) is 5.91 Å². The molecule has 1 atom stereocenters. The summed E-state index contributed by atoms with van der Waals surface area (Å²) in [5.41, 5.74) is -0.577. The van der Waals surface area contributed by atoms with Gasteiger partial charge in [0.2, 0.25) is 0 Å². The first-order valence-corrected chi connectivity index (χ1v) is 7.73. The summed E-state index contributed by atoms with van der Waals surface area (Å²) in [7, 11) is 0. The van der Waals surface area contributed by atoms with Crippen LogP contribution in [0.3, 0.4) is 0 Å². The minimum atomic E-state index is -0.726. The third-order valence-electron chi connectivity index (χ3n) is 2.28. The lowest BCUT2D eigenvalue weighted by Crippen LogP contribution is -2.42. The van der Waals surface area contributed by atoms with Crippen molar-refractivity contribution in [1.29, 1.82) is 0 Å². The highest BCUT2D eigenvalue weighted by Gasteiger charge is 2.24. The van der Waals surface area contributed by atoms with Crippen LogP contribution in [0.25, 0.3) is 0 Å². The smallest absolute Gasteiger partial charge is 0.328 e. The molecule has 0 bridgehead atoms. The van der Waals surface area contributed by atoms with Gasteiger partial charge < -0.3 is 14.5 Å². The van der Waals surface area contributed by atoms with E-state index in [4.69, 9.17) is 9.15 Å². The summed E-state index contributed by atoms with van der Waals surface area (Å²) in [6, 6.07) is 2.63. The highest BCUT2D eigenvalue weighted by atomic mass is 32.2. The monoisotopic (exact) mass is 299 g/mol.